The molecule has 7 heteroatoms. The Morgan fingerprint density at radius 3 is 2.46 bits per heavy atom. The standard InChI is InChI=1S/C21H21N3O4/c1-28-13-15-8-6-14(7-9-15)10-23-19(25)12-24-21(27)17-11-22-18-5-3-2-4-16(18)20(17)26/h2-9,11H,10,12-13H2,1H3,(H,22,26)(H,23,25)(H,24,27). The lowest BCUT2D eigenvalue weighted by molar-refractivity contribution is -0.120. The van der Waals surface area contributed by atoms with Gasteiger partial charge in [0.25, 0.3) is 5.91 Å². The smallest absolute Gasteiger partial charge is 0.257 e. The predicted molar refractivity (Wildman–Crippen MR) is 106 cm³/mol. The fraction of sp³-hybridized carbons (Fsp3) is 0.190. The van der Waals surface area contributed by atoms with E-state index in [0.717, 1.165) is 11.1 Å². The molecule has 2 aromatic carbocycles. The first kappa shape index (κ1) is 19.3. The van der Waals surface area contributed by atoms with Crippen molar-refractivity contribution in [1.82, 2.24) is 15.6 Å². The van der Waals surface area contributed by atoms with Gasteiger partial charge in [-0.3, -0.25) is 14.4 Å². The normalized spacial score (nSPS) is 10.6. The van der Waals surface area contributed by atoms with Crippen LogP contribution in [0.2, 0.25) is 0 Å². The number of amides is 2. The Balaban J connectivity index is 1.53. The minimum absolute atomic E-state index is 0.0276. The number of rotatable bonds is 7. The van der Waals surface area contributed by atoms with Gasteiger partial charge in [-0.25, -0.2) is 0 Å². The van der Waals surface area contributed by atoms with Crippen LogP contribution in [0.15, 0.2) is 59.5 Å². The van der Waals surface area contributed by atoms with Crippen LogP contribution in [0.5, 0.6) is 0 Å². The van der Waals surface area contributed by atoms with Crippen molar-refractivity contribution in [2.75, 3.05) is 13.7 Å². The van der Waals surface area contributed by atoms with E-state index in [-0.39, 0.29) is 23.4 Å². The van der Waals surface area contributed by atoms with E-state index in [1.165, 1.54) is 6.20 Å². The molecule has 2 amide bonds. The van der Waals surface area contributed by atoms with Crippen LogP contribution >= 0.6 is 0 Å². The molecule has 28 heavy (non-hydrogen) atoms. The summed E-state index contributed by atoms with van der Waals surface area (Å²) in [4.78, 5) is 39.6. The number of hydrogen-bond acceptors (Lipinski definition) is 4. The Bertz CT molecular complexity index is 1040. The van der Waals surface area contributed by atoms with Crippen LogP contribution in [0, 0.1) is 0 Å². The highest BCUT2D eigenvalue weighted by Crippen LogP contribution is 2.07. The first-order chi connectivity index (χ1) is 13.6. The minimum Gasteiger partial charge on any atom is -0.380 e. The van der Waals surface area contributed by atoms with Crippen molar-refractivity contribution in [3.8, 4) is 0 Å². The number of nitrogens with one attached hydrogen (secondary N) is 3. The van der Waals surface area contributed by atoms with E-state index in [2.05, 4.69) is 15.6 Å². The molecule has 7 nitrogen and oxygen atoms in total. The number of benzene rings is 2. The zero-order valence-corrected chi connectivity index (χ0v) is 15.5. The topological polar surface area (TPSA) is 100 Å². The summed E-state index contributed by atoms with van der Waals surface area (Å²) in [7, 11) is 1.63. The molecular weight excluding hydrogens is 358 g/mol. The number of aromatic nitrogens is 1. The SMILES string of the molecule is COCc1ccc(CNC(=O)CNC(=O)c2c[nH]c3ccccc3c2=O)cc1. The average Bonchev–Trinajstić information content (AvgIpc) is 2.72. The third-order valence-corrected chi connectivity index (χ3v) is 4.27. The quantitative estimate of drug-likeness (QED) is 0.582. The third-order valence-electron chi connectivity index (χ3n) is 4.27. The second-order valence-electron chi connectivity index (χ2n) is 6.29. The molecule has 0 unspecified atom stereocenters. The molecule has 0 aliphatic carbocycles. The number of carbonyl (C=O) groups excluding carboxylic acids is 2. The molecule has 0 bridgehead atoms. The summed E-state index contributed by atoms with van der Waals surface area (Å²) in [5, 5.41) is 5.64. The molecule has 1 aromatic heterocycles. The van der Waals surface area contributed by atoms with Crippen molar-refractivity contribution in [1.29, 1.82) is 0 Å². The van der Waals surface area contributed by atoms with E-state index in [1.54, 1.807) is 31.4 Å². The van der Waals surface area contributed by atoms with Gasteiger partial charge in [0.15, 0.2) is 0 Å². The lowest BCUT2D eigenvalue weighted by Gasteiger charge is -2.08. The van der Waals surface area contributed by atoms with Crippen LogP contribution in [0.25, 0.3) is 10.9 Å². The number of ether oxygens (including phenoxy) is 1. The summed E-state index contributed by atoms with van der Waals surface area (Å²) in [5.41, 5.74) is 2.23. The zero-order chi connectivity index (χ0) is 19.9. The molecule has 0 saturated heterocycles. The number of hydrogen-bond donors (Lipinski definition) is 3. The van der Waals surface area contributed by atoms with Gasteiger partial charge in [-0.15, -0.1) is 0 Å². The molecular formula is C21H21N3O4. The van der Waals surface area contributed by atoms with E-state index >= 15 is 0 Å². The van der Waals surface area contributed by atoms with Gasteiger partial charge in [0.05, 0.1) is 13.2 Å². The van der Waals surface area contributed by atoms with Crippen LogP contribution in [0.1, 0.15) is 21.5 Å². The van der Waals surface area contributed by atoms with Gasteiger partial charge in [0.1, 0.15) is 5.56 Å². The van der Waals surface area contributed by atoms with E-state index in [4.69, 9.17) is 4.74 Å². The summed E-state index contributed by atoms with van der Waals surface area (Å²) in [6.45, 7) is 0.665. The molecule has 3 rings (SSSR count). The lowest BCUT2D eigenvalue weighted by atomic mass is 10.1. The fourth-order valence-corrected chi connectivity index (χ4v) is 2.78. The van der Waals surface area contributed by atoms with E-state index in [1.807, 2.05) is 24.3 Å². The van der Waals surface area contributed by atoms with Crippen LogP contribution in [-0.4, -0.2) is 30.5 Å². The Morgan fingerprint density at radius 2 is 1.71 bits per heavy atom. The summed E-state index contributed by atoms with van der Waals surface area (Å²) in [6, 6.07) is 14.6. The Hall–Kier alpha value is -3.45. The molecule has 0 radical (unpaired) electrons. The molecule has 0 aliphatic rings. The van der Waals surface area contributed by atoms with Gasteiger partial charge in [0.2, 0.25) is 11.3 Å². The predicted octanol–water partition coefficient (Wildman–Crippen LogP) is 1.72. The molecule has 0 fully saturated rings. The number of pyridine rings is 1. The van der Waals surface area contributed by atoms with Crippen molar-refractivity contribution in [3.05, 3.63) is 81.6 Å². The monoisotopic (exact) mass is 379 g/mol. The number of carbonyl (C=O) groups is 2. The molecule has 0 aliphatic heterocycles. The highest BCUT2D eigenvalue weighted by Gasteiger charge is 2.13. The summed E-state index contributed by atoms with van der Waals surface area (Å²) < 4.78 is 5.05. The van der Waals surface area contributed by atoms with E-state index in [9.17, 15) is 14.4 Å². The zero-order valence-electron chi connectivity index (χ0n) is 15.5. The minimum atomic E-state index is -0.592. The number of fused-ring (bicyclic) bond motifs is 1. The molecule has 0 spiro atoms. The molecule has 1 heterocycles. The van der Waals surface area contributed by atoms with Crippen LogP contribution in [0.4, 0.5) is 0 Å². The summed E-state index contributed by atoms with van der Waals surface area (Å²) in [6.07, 6.45) is 1.36. The van der Waals surface area contributed by atoms with Crippen LogP contribution < -0.4 is 16.1 Å². The maximum absolute atomic E-state index is 12.4. The van der Waals surface area contributed by atoms with Crippen LogP contribution in [-0.2, 0) is 22.7 Å². The molecule has 3 aromatic rings. The van der Waals surface area contributed by atoms with Crippen molar-refractivity contribution in [3.63, 3.8) is 0 Å². The van der Waals surface area contributed by atoms with Crippen molar-refractivity contribution in [2.45, 2.75) is 13.2 Å². The van der Waals surface area contributed by atoms with Gasteiger partial charge < -0.3 is 20.4 Å². The number of methoxy groups -OCH3 is 1. The highest BCUT2D eigenvalue weighted by molar-refractivity contribution is 5.98. The van der Waals surface area contributed by atoms with Crippen molar-refractivity contribution in [2.24, 2.45) is 0 Å². The summed E-state index contributed by atoms with van der Waals surface area (Å²) in [5.74, 6) is -0.933. The first-order valence-electron chi connectivity index (χ1n) is 8.80. The van der Waals surface area contributed by atoms with E-state index in [0.29, 0.717) is 24.1 Å². The number of H-pyrrole nitrogens is 1. The van der Waals surface area contributed by atoms with Crippen LogP contribution in [0.3, 0.4) is 0 Å². The second-order valence-corrected chi connectivity index (χ2v) is 6.29. The second kappa shape index (κ2) is 8.96. The molecule has 3 N–H and O–H groups in total. The van der Waals surface area contributed by atoms with Gasteiger partial charge in [-0.1, -0.05) is 36.4 Å². The number of para-hydroxylation sites is 1. The average molecular weight is 379 g/mol. The molecule has 144 valence electrons. The number of aromatic amines is 1. The van der Waals surface area contributed by atoms with Crippen molar-refractivity contribution >= 4 is 22.7 Å². The lowest BCUT2D eigenvalue weighted by Crippen LogP contribution is -2.38. The van der Waals surface area contributed by atoms with Gasteiger partial charge in [-0.2, -0.15) is 0 Å². The highest BCUT2D eigenvalue weighted by atomic mass is 16.5. The maximum atomic E-state index is 12.4. The van der Waals surface area contributed by atoms with Gasteiger partial charge >= 0.3 is 0 Å². The Morgan fingerprint density at radius 1 is 1.00 bits per heavy atom. The van der Waals surface area contributed by atoms with Crippen molar-refractivity contribution < 1.29 is 14.3 Å². The maximum Gasteiger partial charge on any atom is 0.257 e. The summed E-state index contributed by atoms with van der Waals surface area (Å²) >= 11 is 0. The fourth-order valence-electron chi connectivity index (χ4n) is 2.78. The van der Waals surface area contributed by atoms with E-state index < -0.39 is 5.91 Å². The first-order valence-corrected chi connectivity index (χ1v) is 8.80. The Kier molecular flexibility index (Phi) is 6.18. The van der Waals surface area contributed by atoms with Gasteiger partial charge in [0, 0.05) is 30.8 Å². The van der Waals surface area contributed by atoms with Gasteiger partial charge in [-0.05, 0) is 23.3 Å². The third kappa shape index (κ3) is 4.63. The largest absolute Gasteiger partial charge is 0.380 e. The molecule has 0 atom stereocenters. The Labute approximate surface area is 161 Å². The molecule has 0 saturated carbocycles.